The Bertz CT molecular complexity index is 1220. The third kappa shape index (κ3) is 7.86. The average molecular weight is 737 g/mol. The highest BCUT2D eigenvalue weighted by Gasteiger charge is 2.94. The first kappa shape index (κ1) is 41.3. The molecule has 1 aromatic carbocycles. The van der Waals surface area contributed by atoms with E-state index in [4.69, 9.17) is 0 Å². The number of benzene rings is 1. The zero-order valence-corrected chi connectivity index (χ0v) is 26.6. The van der Waals surface area contributed by atoms with Crippen molar-refractivity contribution in [1.82, 2.24) is 0 Å². The van der Waals surface area contributed by atoms with Gasteiger partial charge in [0.2, 0.25) is 5.78 Å². The van der Waals surface area contributed by atoms with Gasteiger partial charge in [0, 0.05) is 5.56 Å². The van der Waals surface area contributed by atoms with Crippen LogP contribution in [0.4, 0.5) is 65.9 Å². The van der Waals surface area contributed by atoms with Crippen molar-refractivity contribution in [3.63, 3.8) is 0 Å². The Hall–Kier alpha value is -2.16. The number of hydrogen-bond acceptors (Lipinski definition) is 1. The van der Waals surface area contributed by atoms with Gasteiger partial charge in [-0.3, -0.25) is 4.79 Å². The van der Waals surface area contributed by atoms with Crippen LogP contribution in [0.2, 0.25) is 0 Å². The van der Waals surface area contributed by atoms with Crippen LogP contribution in [0.15, 0.2) is 24.3 Å². The minimum Gasteiger partial charge on any atom is -0.287 e. The summed E-state index contributed by atoms with van der Waals surface area (Å²) in [5.74, 6) is -48.8. The van der Waals surface area contributed by atoms with Gasteiger partial charge < -0.3 is 0 Å². The Morgan fingerprint density at radius 3 is 1.39 bits per heavy atom. The molecule has 0 N–H and O–H groups in total. The standard InChI is InChI=1S/C33H39F15O/c1-2-3-4-5-20-8-14-23(15-9-20)24-16-10-21(11-17-24)6-7-22-12-18-25(19-13-22)26(49)27(34,35)28(36,37)29(38,39)30(40,41)31(42,43)32(44,45)33(46,47)48/h12-13,18-21,23-24H,2-11,14-17H2,1H3. The zero-order chi connectivity index (χ0) is 37.3. The number of carbonyl (C=O) groups excluding carboxylic acids is 1. The topological polar surface area (TPSA) is 17.1 Å². The quantitative estimate of drug-likeness (QED) is 0.0996. The number of ketones is 1. The number of halogens is 15. The fourth-order valence-electron chi connectivity index (χ4n) is 7.06. The van der Waals surface area contributed by atoms with Gasteiger partial charge in [-0.15, -0.1) is 0 Å². The molecule has 0 aromatic heterocycles. The Labute approximate surface area is 274 Å². The molecule has 3 rings (SSSR count). The number of unbranched alkanes of at least 4 members (excludes halogenated alkanes) is 2. The van der Waals surface area contributed by atoms with E-state index < -0.39 is 53.1 Å². The Morgan fingerprint density at radius 2 is 0.959 bits per heavy atom. The number of Topliss-reactive ketones (excluding diaryl/α,β-unsaturated/α-hetero) is 1. The number of hydrogen-bond donors (Lipinski definition) is 0. The van der Waals surface area contributed by atoms with Crippen LogP contribution in [0, 0.1) is 23.7 Å². The largest absolute Gasteiger partial charge is 0.460 e. The lowest BCUT2D eigenvalue weighted by Gasteiger charge is -2.41. The first-order valence-electron chi connectivity index (χ1n) is 16.3. The van der Waals surface area contributed by atoms with E-state index in [9.17, 15) is 70.7 Å². The van der Waals surface area contributed by atoms with Crippen LogP contribution < -0.4 is 0 Å². The van der Waals surface area contributed by atoms with E-state index in [-0.39, 0.29) is 0 Å². The van der Waals surface area contributed by atoms with Crippen LogP contribution in [0.1, 0.15) is 106 Å². The van der Waals surface area contributed by atoms with E-state index in [1.54, 1.807) is 0 Å². The van der Waals surface area contributed by atoms with Gasteiger partial charge >= 0.3 is 41.7 Å². The summed E-state index contributed by atoms with van der Waals surface area (Å²) in [6.45, 7) is 2.18. The van der Waals surface area contributed by atoms with E-state index in [2.05, 4.69) is 6.92 Å². The molecule has 0 saturated heterocycles. The summed E-state index contributed by atoms with van der Waals surface area (Å²) in [5, 5.41) is 0. The minimum atomic E-state index is -8.43. The second-order valence-corrected chi connectivity index (χ2v) is 13.6. The van der Waals surface area contributed by atoms with Crippen molar-refractivity contribution >= 4 is 5.78 Å². The molecule has 2 fully saturated rings. The van der Waals surface area contributed by atoms with Crippen molar-refractivity contribution in [1.29, 1.82) is 0 Å². The molecule has 0 atom stereocenters. The number of alkyl halides is 15. The van der Waals surface area contributed by atoms with E-state index in [1.165, 1.54) is 51.4 Å². The lowest BCUT2D eigenvalue weighted by atomic mass is 9.68. The van der Waals surface area contributed by atoms with Crippen molar-refractivity contribution in [2.75, 3.05) is 0 Å². The number of carbonyl (C=O) groups is 1. The predicted molar refractivity (Wildman–Crippen MR) is 150 cm³/mol. The van der Waals surface area contributed by atoms with E-state index >= 15 is 0 Å². The monoisotopic (exact) mass is 736 g/mol. The van der Waals surface area contributed by atoms with Crippen LogP contribution in [-0.2, 0) is 6.42 Å². The smallest absolute Gasteiger partial charge is 0.287 e. The van der Waals surface area contributed by atoms with Gasteiger partial charge in [-0.05, 0) is 67.8 Å². The van der Waals surface area contributed by atoms with Crippen LogP contribution in [0.25, 0.3) is 0 Å². The van der Waals surface area contributed by atoms with E-state index in [0.717, 1.165) is 43.7 Å². The second-order valence-electron chi connectivity index (χ2n) is 13.6. The molecule has 2 aliphatic rings. The highest BCUT2D eigenvalue weighted by molar-refractivity contribution is 6.02. The summed E-state index contributed by atoms with van der Waals surface area (Å²) in [6, 6.07) is 2.94. The van der Waals surface area contributed by atoms with Crippen molar-refractivity contribution < 1.29 is 70.7 Å². The van der Waals surface area contributed by atoms with Gasteiger partial charge in [-0.25, -0.2) is 0 Å². The van der Waals surface area contributed by atoms with Gasteiger partial charge in [0.25, 0.3) is 0 Å². The molecule has 0 heterocycles. The average Bonchev–Trinajstić information content (AvgIpc) is 3.03. The fraction of sp³-hybridized carbons (Fsp3) is 0.788. The lowest BCUT2D eigenvalue weighted by Crippen LogP contribution is -2.73. The molecule has 0 radical (unpaired) electrons. The Kier molecular flexibility index (Phi) is 12.5. The van der Waals surface area contributed by atoms with E-state index in [1.807, 2.05) is 0 Å². The molecule has 16 heteroatoms. The minimum absolute atomic E-state index is 0.317. The van der Waals surface area contributed by atoms with Gasteiger partial charge in [0.15, 0.2) is 0 Å². The highest BCUT2D eigenvalue weighted by atomic mass is 19.4. The molecule has 0 amide bonds. The van der Waals surface area contributed by atoms with Crippen LogP contribution >= 0.6 is 0 Å². The maximum absolute atomic E-state index is 14.4. The van der Waals surface area contributed by atoms with Crippen molar-refractivity contribution in [2.45, 2.75) is 139 Å². The lowest BCUT2D eigenvalue weighted by molar-refractivity contribution is -0.449. The molecule has 1 aromatic rings. The predicted octanol–water partition coefficient (Wildman–Crippen LogP) is 12.4. The number of rotatable bonds is 15. The van der Waals surface area contributed by atoms with Crippen LogP contribution in [0.5, 0.6) is 0 Å². The molecule has 0 unspecified atom stereocenters. The molecule has 49 heavy (non-hydrogen) atoms. The summed E-state index contributed by atoms with van der Waals surface area (Å²) >= 11 is 0. The highest BCUT2D eigenvalue weighted by Crippen LogP contribution is 2.62. The maximum Gasteiger partial charge on any atom is 0.460 e. The van der Waals surface area contributed by atoms with Crippen molar-refractivity contribution in [3.05, 3.63) is 35.4 Å². The first-order chi connectivity index (χ1) is 22.4. The second kappa shape index (κ2) is 14.8. The number of aryl methyl sites for hydroxylation is 1. The molecular formula is C33H39F15O. The maximum atomic E-state index is 14.4. The summed E-state index contributed by atoms with van der Waals surface area (Å²) in [4.78, 5) is 12.1. The molecule has 2 saturated carbocycles. The zero-order valence-electron chi connectivity index (χ0n) is 26.6. The Morgan fingerprint density at radius 1 is 0.551 bits per heavy atom. The summed E-state index contributed by atoms with van der Waals surface area (Å²) in [5.41, 5.74) is -1.05. The molecule has 2 aliphatic carbocycles. The van der Waals surface area contributed by atoms with Crippen LogP contribution in [0.3, 0.4) is 0 Å². The summed E-state index contributed by atoms with van der Waals surface area (Å²) in [6.07, 6.45) is 7.25. The van der Waals surface area contributed by atoms with Gasteiger partial charge in [-0.2, -0.15) is 65.9 Å². The summed E-state index contributed by atoms with van der Waals surface area (Å²) in [7, 11) is 0. The molecule has 0 aliphatic heterocycles. The molecule has 1 nitrogen and oxygen atoms in total. The molecule has 0 bridgehead atoms. The van der Waals surface area contributed by atoms with Crippen LogP contribution in [-0.4, -0.2) is 47.5 Å². The third-order valence-corrected chi connectivity index (χ3v) is 10.3. The fourth-order valence-corrected chi connectivity index (χ4v) is 7.06. The summed E-state index contributed by atoms with van der Waals surface area (Å²) < 4.78 is 202. The Balaban J connectivity index is 1.60. The normalized spacial score (nSPS) is 23.8. The van der Waals surface area contributed by atoms with Gasteiger partial charge in [0.05, 0.1) is 0 Å². The first-order valence-corrected chi connectivity index (χ1v) is 16.3. The van der Waals surface area contributed by atoms with Crippen molar-refractivity contribution in [3.8, 4) is 0 Å². The molecule has 282 valence electrons. The van der Waals surface area contributed by atoms with E-state index in [0.29, 0.717) is 48.3 Å². The van der Waals surface area contributed by atoms with Gasteiger partial charge in [0.1, 0.15) is 0 Å². The molecule has 0 spiro atoms. The van der Waals surface area contributed by atoms with Gasteiger partial charge in [-0.1, -0.05) is 82.6 Å². The molecular weight excluding hydrogens is 697 g/mol. The third-order valence-electron chi connectivity index (χ3n) is 10.3. The SMILES string of the molecule is CCCCCC1CCC(C2CCC(CCc3ccc(C(=O)C(F)(F)C(F)(F)C(F)(F)C(F)(F)C(F)(F)C(F)(F)C(F)(F)F)cc3)CC2)CC1. The van der Waals surface area contributed by atoms with Crippen molar-refractivity contribution in [2.24, 2.45) is 23.7 Å².